The number of nitrogens with two attached hydrogens (primary N) is 1. The van der Waals surface area contributed by atoms with Gasteiger partial charge in [-0.1, -0.05) is 15.9 Å². The normalized spacial score (nSPS) is 22.0. The zero-order valence-corrected chi connectivity index (χ0v) is 23.3. The van der Waals surface area contributed by atoms with Gasteiger partial charge in [-0.25, -0.2) is 9.79 Å². The quantitative estimate of drug-likeness (QED) is 0.431. The molecule has 2 fully saturated rings. The summed E-state index contributed by atoms with van der Waals surface area (Å²) in [6, 6.07) is 3.11. The molecule has 0 aromatic heterocycles. The van der Waals surface area contributed by atoms with E-state index in [1.165, 1.54) is 6.21 Å². The van der Waals surface area contributed by atoms with Crippen molar-refractivity contribution in [3.05, 3.63) is 39.5 Å². The lowest BCUT2D eigenvalue weighted by molar-refractivity contribution is -0.134. The Morgan fingerprint density at radius 2 is 1.81 bits per heavy atom. The predicted molar refractivity (Wildman–Crippen MR) is 147 cm³/mol. The number of piperazine rings is 1. The highest BCUT2D eigenvalue weighted by Gasteiger charge is 2.32. The van der Waals surface area contributed by atoms with E-state index in [9.17, 15) is 14.7 Å². The summed E-state index contributed by atoms with van der Waals surface area (Å²) in [5, 5.41) is 17.6. The molecule has 1 atom stereocenters. The van der Waals surface area contributed by atoms with Crippen molar-refractivity contribution in [1.82, 2.24) is 14.7 Å². The summed E-state index contributed by atoms with van der Waals surface area (Å²) in [6.45, 7) is 3.99. The van der Waals surface area contributed by atoms with E-state index in [4.69, 9.17) is 11.1 Å². The Kier molecular flexibility index (Phi) is 8.84. The van der Waals surface area contributed by atoms with Crippen molar-refractivity contribution in [1.29, 1.82) is 5.41 Å². The Bertz CT molecular complexity index is 1080. The number of piperidine rings is 1. The van der Waals surface area contributed by atoms with E-state index >= 15 is 0 Å². The number of nitrogens with zero attached hydrogens (tertiary/aromatic N) is 4. The van der Waals surface area contributed by atoms with E-state index in [0.29, 0.717) is 49.6 Å². The number of allylic oxidation sites excluding steroid dienone is 1. The molecule has 3 aliphatic rings. The van der Waals surface area contributed by atoms with Crippen LogP contribution in [-0.4, -0.2) is 81.8 Å². The topological polar surface area (TPSA) is 126 Å². The van der Waals surface area contributed by atoms with Gasteiger partial charge in [0.15, 0.2) is 0 Å². The minimum atomic E-state index is -0.383. The van der Waals surface area contributed by atoms with Crippen LogP contribution >= 0.6 is 31.9 Å². The smallest absolute Gasteiger partial charge is 0.314 e. The molecule has 11 heteroatoms. The van der Waals surface area contributed by atoms with Gasteiger partial charge in [0.25, 0.3) is 0 Å². The first-order valence-electron chi connectivity index (χ1n) is 12.3. The molecule has 2 saturated heterocycles. The first kappa shape index (κ1) is 26.8. The van der Waals surface area contributed by atoms with Crippen LogP contribution in [0.15, 0.2) is 33.4 Å². The summed E-state index contributed by atoms with van der Waals surface area (Å²) in [5.41, 5.74) is 8.44. The number of hydrogen-bond donors (Lipinski definition) is 3. The van der Waals surface area contributed by atoms with Gasteiger partial charge in [-0.15, -0.1) is 0 Å². The maximum Gasteiger partial charge on any atom is 0.314 e. The second-order valence-electron chi connectivity index (χ2n) is 9.57. The number of primary amides is 1. The van der Waals surface area contributed by atoms with Crippen LogP contribution in [0.2, 0.25) is 0 Å². The Labute approximate surface area is 228 Å². The molecule has 1 aromatic rings. The van der Waals surface area contributed by atoms with Crippen LogP contribution in [0, 0.1) is 11.3 Å². The molecule has 1 aliphatic carbocycles. The largest absolute Gasteiger partial charge is 0.508 e. The second-order valence-corrected chi connectivity index (χ2v) is 11.2. The van der Waals surface area contributed by atoms with Gasteiger partial charge in [0.2, 0.25) is 5.91 Å². The number of amides is 3. The lowest BCUT2D eigenvalue weighted by atomic mass is 9.93. The molecule has 4 N–H and O–H groups in total. The number of likely N-dealkylation sites (tertiary alicyclic amines) is 1. The molecule has 2 aliphatic heterocycles. The number of carbonyl (C=O) groups excluding carboxylic acids is 2. The monoisotopic (exact) mass is 622 g/mol. The number of fused-ring (bicyclic) bond motifs is 1. The highest BCUT2D eigenvalue weighted by molar-refractivity contribution is 9.19. The maximum absolute atomic E-state index is 13.0. The van der Waals surface area contributed by atoms with Gasteiger partial charge in [0, 0.05) is 55.9 Å². The van der Waals surface area contributed by atoms with Crippen LogP contribution in [-0.2, 0) is 11.2 Å². The van der Waals surface area contributed by atoms with Crippen LogP contribution in [0.5, 0.6) is 5.75 Å². The third-order valence-electron chi connectivity index (χ3n) is 7.32. The molecule has 4 rings (SSSR count). The fourth-order valence-corrected chi connectivity index (χ4v) is 6.29. The molecule has 36 heavy (non-hydrogen) atoms. The van der Waals surface area contributed by atoms with Crippen molar-refractivity contribution >= 4 is 54.6 Å². The third-order valence-corrected chi connectivity index (χ3v) is 8.38. The van der Waals surface area contributed by atoms with Crippen LogP contribution in [0.25, 0.3) is 0 Å². The summed E-state index contributed by atoms with van der Waals surface area (Å²) in [4.78, 5) is 34.9. The van der Waals surface area contributed by atoms with Crippen molar-refractivity contribution in [3.63, 3.8) is 0 Å². The fraction of sp³-hybridized carbons (Fsp3) is 0.520. The average Bonchev–Trinajstić information content (AvgIpc) is 3.04. The predicted octanol–water partition coefficient (Wildman–Crippen LogP) is 3.79. The van der Waals surface area contributed by atoms with Crippen molar-refractivity contribution in [2.45, 2.75) is 38.1 Å². The van der Waals surface area contributed by atoms with Gasteiger partial charge in [-0.3, -0.25) is 9.69 Å². The highest BCUT2D eigenvalue weighted by atomic mass is 79.9. The lowest BCUT2D eigenvalue weighted by Crippen LogP contribution is -2.50. The summed E-state index contributed by atoms with van der Waals surface area (Å²) in [5.74, 6) is 0.693. The van der Waals surface area contributed by atoms with Gasteiger partial charge in [-0.05, 0) is 76.9 Å². The van der Waals surface area contributed by atoms with E-state index in [0.717, 1.165) is 53.6 Å². The van der Waals surface area contributed by atoms with Crippen LogP contribution < -0.4 is 5.73 Å². The minimum Gasteiger partial charge on any atom is -0.508 e. The summed E-state index contributed by atoms with van der Waals surface area (Å²) in [6.07, 6.45) is 6.90. The number of phenols is 1. The van der Waals surface area contributed by atoms with E-state index in [1.54, 1.807) is 11.0 Å². The van der Waals surface area contributed by atoms with E-state index < -0.39 is 0 Å². The number of halogens is 2. The number of phenolic OH excluding ortho intramolecular Hbond substituents is 1. The average molecular weight is 624 g/mol. The molecular weight excluding hydrogens is 592 g/mol. The number of nitrogens with one attached hydrogen (secondary N) is 1. The molecule has 0 bridgehead atoms. The number of carbonyl (C=O) groups is 2. The number of hydrogen-bond acceptors (Lipinski definition) is 6. The first-order chi connectivity index (χ1) is 17.2. The molecule has 3 amide bonds. The van der Waals surface area contributed by atoms with E-state index in [-0.39, 0.29) is 23.7 Å². The van der Waals surface area contributed by atoms with Gasteiger partial charge >= 0.3 is 6.03 Å². The Balaban J connectivity index is 1.44. The SMILES string of the molecule is N=CC(Br)=NC1=C[C@H](N2CCN(C(=O)CC3CCN(C(N)=O)CC3)CC2)c2c(Br)cc(O)cc2CC1. The van der Waals surface area contributed by atoms with E-state index in [2.05, 4.69) is 47.8 Å². The summed E-state index contributed by atoms with van der Waals surface area (Å²) >= 11 is 6.99. The summed E-state index contributed by atoms with van der Waals surface area (Å²) < 4.78 is 1.33. The number of aliphatic imine (C=N–C) groups is 1. The van der Waals surface area contributed by atoms with Gasteiger partial charge in [0.1, 0.15) is 10.4 Å². The van der Waals surface area contributed by atoms with Gasteiger partial charge in [-0.2, -0.15) is 0 Å². The maximum atomic E-state index is 13.0. The first-order valence-corrected chi connectivity index (χ1v) is 13.9. The van der Waals surface area contributed by atoms with Crippen LogP contribution in [0.4, 0.5) is 4.79 Å². The molecule has 0 saturated carbocycles. The van der Waals surface area contributed by atoms with Gasteiger partial charge < -0.3 is 26.0 Å². The van der Waals surface area contributed by atoms with Crippen molar-refractivity contribution in [2.75, 3.05) is 39.3 Å². The molecular formula is C25H32Br2N6O3. The zero-order chi connectivity index (χ0) is 25.8. The fourth-order valence-electron chi connectivity index (χ4n) is 5.34. The Morgan fingerprint density at radius 3 is 2.44 bits per heavy atom. The van der Waals surface area contributed by atoms with Gasteiger partial charge in [0.05, 0.1) is 12.3 Å². The standard InChI is InChI=1S/C25H32Br2N6O3/c26-20-14-19(34)12-17-1-2-18(30-22(27)15-28)13-21(24(17)20)31-7-9-32(10-8-31)23(35)11-16-3-5-33(6-4-16)25(29)36/h12-16,21,28,34H,1-11H2,(H2,29,36)/t21-/m0/s1. The number of aryl methyl sites for hydroxylation is 1. The number of rotatable bonds is 5. The third kappa shape index (κ3) is 6.36. The second kappa shape index (κ2) is 11.9. The molecule has 9 nitrogen and oxygen atoms in total. The summed E-state index contributed by atoms with van der Waals surface area (Å²) in [7, 11) is 0. The highest BCUT2D eigenvalue weighted by Crippen LogP contribution is 2.39. The zero-order valence-electron chi connectivity index (χ0n) is 20.1. The molecule has 2 heterocycles. The van der Waals surface area contributed by atoms with Crippen LogP contribution in [0.1, 0.15) is 42.9 Å². The number of benzene rings is 1. The molecule has 0 spiro atoms. The molecule has 0 unspecified atom stereocenters. The number of aromatic hydroxyl groups is 1. The van der Waals surface area contributed by atoms with Crippen molar-refractivity contribution < 1.29 is 14.7 Å². The number of urea groups is 1. The molecule has 194 valence electrons. The molecule has 1 aromatic carbocycles. The lowest BCUT2D eigenvalue weighted by Gasteiger charge is -2.40. The van der Waals surface area contributed by atoms with Crippen LogP contribution in [0.3, 0.4) is 0 Å². The Hall–Kier alpha value is -2.24. The van der Waals surface area contributed by atoms with Crippen molar-refractivity contribution in [3.8, 4) is 5.75 Å². The molecule has 0 radical (unpaired) electrons. The van der Waals surface area contributed by atoms with Crippen molar-refractivity contribution in [2.24, 2.45) is 16.6 Å². The Morgan fingerprint density at radius 1 is 1.11 bits per heavy atom. The van der Waals surface area contributed by atoms with E-state index in [1.807, 2.05) is 11.0 Å². The minimum absolute atomic E-state index is 0.0577.